The molecule has 1 fully saturated rings. The highest BCUT2D eigenvalue weighted by molar-refractivity contribution is 4.76. The quantitative estimate of drug-likeness (QED) is 0.650. The zero-order valence-corrected chi connectivity index (χ0v) is 10.3. The van der Waals surface area contributed by atoms with Gasteiger partial charge in [0.25, 0.3) is 0 Å². The Hall–Kier alpha value is -0.120. The number of hydrogen-bond acceptors (Lipinski definition) is 3. The van der Waals surface area contributed by atoms with Gasteiger partial charge in [0.2, 0.25) is 0 Å². The molecular weight excluding hydrogens is 188 g/mol. The summed E-state index contributed by atoms with van der Waals surface area (Å²) in [7, 11) is 0. The Morgan fingerprint density at radius 2 is 2.00 bits per heavy atom. The molecule has 1 aliphatic rings. The van der Waals surface area contributed by atoms with Crippen molar-refractivity contribution in [1.29, 1.82) is 0 Å². The van der Waals surface area contributed by atoms with Crippen molar-refractivity contribution in [3.63, 3.8) is 0 Å². The SMILES string of the molecule is CCOCCCNC1CCN(CC)CC1. The van der Waals surface area contributed by atoms with Gasteiger partial charge in [-0.05, 0) is 52.4 Å². The van der Waals surface area contributed by atoms with Gasteiger partial charge < -0.3 is 15.0 Å². The highest BCUT2D eigenvalue weighted by atomic mass is 16.5. The van der Waals surface area contributed by atoms with Crippen LogP contribution in [0.5, 0.6) is 0 Å². The van der Waals surface area contributed by atoms with E-state index in [1.54, 1.807) is 0 Å². The molecule has 1 aliphatic heterocycles. The molecule has 0 aromatic carbocycles. The molecule has 1 rings (SSSR count). The molecule has 0 radical (unpaired) electrons. The van der Waals surface area contributed by atoms with Crippen LogP contribution in [-0.2, 0) is 4.74 Å². The van der Waals surface area contributed by atoms with E-state index in [1.807, 2.05) is 6.92 Å². The predicted octanol–water partition coefficient (Wildman–Crippen LogP) is 1.49. The van der Waals surface area contributed by atoms with Crippen molar-refractivity contribution in [2.24, 2.45) is 0 Å². The van der Waals surface area contributed by atoms with Crippen molar-refractivity contribution in [3.05, 3.63) is 0 Å². The van der Waals surface area contributed by atoms with Gasteiger partial charge in [-0.1, -0.05) is 6.92 Å². The minimum atomic E-state index is 0.745. The van der Waals surface area contributed by atoms with Gasteiger partial charge >= 0.3 is 0 Å². The number of nitrogens with zero attached hydrogens (tertiary/aromatic N) is 1. The van der Waals surface area contributed by atoms with Crippen molar-refractivity contribution in [1.82, 2.24) is 10.2 Å². The number of hydrogen-bond donors (Lipinski definition) is 1. The van der Waals surface area contributed by atoms with Gasteiger partial charge in [0, 0.05) is 19.3 Å². The third-order valence-corrected chi connectivity index (χ3v) is 3.14. The lowest BCUT2D eigenvalue weighted by Crippen LogP contribution is -2.42. The molecule has 0 aromatic rings. The van der Waals surface area contributed by atoms with E-state index in [2.05, 4.69) is 17.1 Å². The van der Waals surface area contributed by atoms with Crippen molar-refractivity contribution >= 4 is 0 Å². The molecule has 1 saturated heterocycles. The van der Waals surface area contributed by atoms with Gasteiger partial charge in [-0.15, -0.1) is 0 Å². The van der Waals surface area contributed by atoms with E-state index < -0.39 is 0 Å². The third kappa shape index (κ3) is 5.50. The van der Waals surface area contributed by atoms with E-state index in [-0.39, 0.29) is 0 Å². The summed E-state index contributed by atoms with van der Waals surface area (Å²) in [6.07, 6.45) is 3.76. The van der Waals surface area contributed by atoms with E-state index in [4.69, 9.17) is 4.74 Å². The largest absolute Gasteiger partial charge is 0.382 e. The Balaban J connectivity index is 1.94. The van der Waals surface area contributed by atoms with Crippen molar-refractivity contribution in [2.45, 2.75) is 39.2 Å². The second-order valence-electron chi connectivity index (χ2n) is 4.21. The fourth-order valence-corrected chi connectivity index (χ4v) is 2.08. The third-order valence-electron chi connectivity index (χ3n) is 3.14. The molecule has 90 valence electrons. The van der Waals surface area contributed by atoms with Crippen LogP contribution in [0, 0.1) is 0 Å². The zero-order valence-electron chi connectivity index (χ0n) is 10.3. The van der Waals surface area contributed by atoms with Crippen molar-refractivity contribution in [2.75, 3.05) is 39.4 Å². The van der Waals surface area contributed by atoms with Crippen LogP contribution < -0.4 is 5.32 Å². The lowest BCUT2D eigenvalue weighted by atomic mass is 10.1. The fourth-order valence-electron chi connectivity index (χ4n) is 2.08. The molecule has 0 aliphatic carbocycles. The maximum absolute atomic E-state index is 5.31. The first kappa shape index (κ1) is 12.9. The molecule has 0 saturated carbocycles. The molecule has 15 heavy (non-hydrogen) atoms. The Morgan fingerprint density at radius 1 is 1.27 bits per heavy atom. The summed E-state index contributed by atoms with van der Waals surface area (Å²) in [5.74, 6) is 0. The zero-order chi connectivity index (χ0) is 10.9. The van der Waals surface area contributed by atoms with Crippen LogP contribution in [0.2, 0.25) is 0 Å². The normalized spacial score (nSPS) is 19.6. The Labute approximate surface area is 94.2 Å². The molecular formula is C12H26N2O. The maximum atomic E-state index is 5.31. The van der Waals surface area contributed by atoms with E-state index in [0.29, 0.717) is 0 Å². The van der Waals surface area contributed by atoms with Gasteiger partial charge in [0.1, 0.15) is 0 Å². The Bertz CT molecular complexity index is 145. The van der Waals surface area contributed by atoms with Gasteiger partial charge in [0.05, 0.1) is 0 Å². The second-order valence-corrected chi connectivity index (χ2v) is 4.21. The monoisotopic (exact) mass is 214 g/mol. The Kier molecular flexibility index (Phi) is 6.98. The number of nitrogens with one attached hydrogen (secondary N) is 1. The predicted molar refractivity (Wildman–Crippen MR) is 64.2 cm³/mol. The van der Waals surface area contributed by atoms with Crippen LogP contribution in [0.3, 0.4) is 0 Å². The molecule has 0 bridgehead atoms. The molecule has 0 unspecified atom stereocenters. The highest BCUT2D eigenvalue weighted by Gasteiger charge is 2.16. The smallest absolute Gasteiger partial charge is 0.0477 e. The van der Waals surface area contributed by atoms with Crippen molar-refractivity contribution < 1.29 is 4.74 Å². The summed E-state index contributed by atoms with van der Waals surface area (Å²) in [5.41, 5.74) is 0. The Morgan fingerprint density at radius 3 is 2.60 bits per heavy atom. The lowest BCUT2D eigenvalue weighted by molar-refractivity contribution is 0.142. The van der Waals surface area contributed by atoms with E-state index >= 15 is 0 Å². The maximum Gasteiger partial charge on any atom is 0.0477 e. The van der Waals surface area contributed by atoms with Gasteiger partial charge in [-0.3, -0.25) is 0 Å². The van der Waals surface area contributed by atoms with Crippen LogP contribution in [-0.4, -0.2) is 50.3 Å². The van der Waals surface area contributed by atoms with Gasteiger partial charge in [0.15, 0.2) is 0 Å². The first-order chi connectivity index (χ1) is 7.36. The molecule has 1 heterocycles. The first-order valence-corrected chi connectivity index (χ1v) is 6.40. The van der Waals surface area contributed by atoms with Crippen LogP contribution >= 0.6 is 0 Å². The van der Waals surface area contributed by atoms with Crippen LogP contribution in [0.4, 0.5) is 0 Å². The number of rotatable bonds is 7. The molecule has 0 amide bonds. The number of likely N-dealkylation sites (tertiary alicyclic amines) is 1. The minimum Gasteiger partial charge on any atom is -0.382 e. The minimum absolute atomic E-state index is 0.745. The van der Waals surface area contributed by atoms with E-state index in [1.165, 1.54) is 32.5 Å². The molecule has 3 heteroatoms. The summed E-state index contributed by atoms with van der Waals surface area (Å²) >= 11 is 0. The molecule has 0 aromatic heterocycles. The van der Waals surface area contributed by atoms with Crippen LogP contribution in [0.25, 0.3) is 0 Å². The first-order valence-electron chi connectivity index (χ1n) is 6.40. The number of ether oxygens (including phenoxy) is 1. The average molecular weight is 214 g/mol. The average Bonchev–Trinajstić information content (AvgIpc) is 2.30. The molecule has 0 spiro atoms. The van der Waals surface area contributed by atoms with Crippen LogP contribution in [0.15, 0.2) is 0 Å². The molecule has 1 N–H and O–H groups in total. The summed E-state index contributed by atoms with van der Waals surface area (Å²) < 4.78 is 5.31. The second kappa shape index (κ2) is 8.08. The lowest BCUT2D eigenvalue weighted by Gasteiger charge is -2.31. The topological polar surface area (TPSA) is 24.5 Å². The van der Waals surface area contributed by atoms with Gasteiger partial charge in [-0.2, -0.15) is 0 Å². The standard InChI is InChI=1S/C12H26N2O/c1-3-14-9-6-12(7-10-14)13-8-5-11-15-4-2/h12-13H,3-11H2,1-2H3. The highest BCUT2D eigenvalue weighted by Crippen LogP contribution is 2.09. The summed E-state index contributed by atoms with van der Waals surface area (Å²) in [5, 5.41) is 3.62. The van der Waals surface area contributed by atoms with Gasteiger partial charge in [-0.25, -0.2) is 0 Å². The molecule has 0 atom stereocenters. The molecule has 3 nitrogen and oxygen atoms in total. The summed E-state index contributed by atoms with van der Waals surface area (Å²) in [6.45, 7) is 10.9. The fraction of sp³-hybridized carbons (Fsp3) is 1.00. The summed E-state index contributed by atoms with van der Waals surface area (Å²) in [6, 6.07) is 0.745. The van der Waals surface area contributed by atoms with Crippen LogP contribution in [0.1, 0.15) is 33.1 Å². The summed E-state index contributed by atoms with van der Waals surface area (Å²) in [4.78, 5) is 2.53. The van der Waals surface area contributed by atoms with E-state index in [9.17, 15) is 0 Å². The van der Waals surface area contributed by atoms with Crippen molar-refractivity contribution in [3.8, 4) is 0 Å². The van der Waals surface area contributed by atoms with E-state index in [0.717, 1.165) is 32.2 Å². The number of piperidine rings is 1.